The summed E-state index contributed by atoms with van der Waals surface area (Å²) < 4.78 is 0. The Labute approximate surface area is 113 Å². The van der Waals surface area contributed by atoms with Crippen LogP contribution in [0.25, 0.3) is 0 Å². The lowest BCUT2D eigenvalue weighted by molar-refractivity contribution is -0.137. The van der Waals surface area contributed by atoms with Crippen LogP contribution >= 0.6 is 0 Å². The Bertz CT molecular complexity index is 458. The Morgan fingerprint density at radius 3 is 2.58 bits per heavy atom. The minimum atomic E-state index is -0.839. The number of carbonyl (C=O) groups is 2. The van der Waals surface area contributed by atoms with Gasteiger partial charge in [-0.3, -0.25) is 14.6 Å². The lowest BCUT2D eigenvalue weighted by Crippen LogP contribution is -2.38. The fourth-order valence-corrected chi connectivity index (χ4v) is 1.83. The van der Waals surface area contributed by atoms with Gasteiger partial charge in [0.15, 0.2) is 0 Å². The highest BCUT2D eigenvalue weighted by Crippen LogP contribution is 2.10. The zero-order valence-electron chi connectivity index (χ0n) is 11.6. The van der Waals surface area contributed by atoms with Crippen LogP contribution in [0.4, 0.5) is 0 Å². The van der Waals surface area contributed by atoms with Crippen molar-refractivity contribution in [1.82, 2.24) is 9.88 Å². The predicted molar refractivity (Wildman–Crippen MR) is 72.0 cm³/mol. The Morgan fingerprint density at radius 2 is 2.05 bits per heavy atom. The Hall–Kier alpha value is -1.91. The second kappa shape index (κ2) is 6.87. The van der Waals surface area contributed by atoms with E-state index in [0.29, 0.717) is 18.5 Å². The molecule has 5 heteroatoms. The van der Waals surface area contributed by atoms with E-state index in [0.717, 1.165) is 5.56 Å². The third-order valence-electron chi connectivity index (χ3n) is 2.80. The molecule has 0 saturated heterocycles. The van der Waals surface area contributed by atoms with Gasteiger partial charge in [0.25, 0.3) is 5.91 Å². The van der Waals surface area contributed by atoms with Crippen LogP contribution < -0.4 is 0 Å². The molecular weight excluding hydrogens is 244 g/mol. The fourth-order valence-electron chi connectivity index (χ4n) is 1.83. The van der Waals surface area contributed by atoms with E-state index in [-0.39, 0.29) is 18.4 Å². The number of amides is 1. The molecule has 0 atom stereocenters. The van der Waals surface area contributed by atoms with E-state index >= 15 is 0 Å². The largest absolute Gasteiger partial charge is 0.481 e. The van der Waals surface area contributed by atoms with Crippen LogP contribution in [0.3, 0.4) is 0 Å². The first-order chi connectivity index (χ1) is 8.91. The van der Waals surface area contributed by atoms with E-state index in [9.17, 15) is 9.59 Å². The summed E-state index contributed by atoms with van der Waals surface area (Å²) in [6, 6.07) is 1.82. The number of carboxylic acid groups (broad SMARTS) is 1. The molecule has 0 bridgehead atoms. The van der Waals surface area contributed by atoms with Crippen molar-refractivity contribution in [2.75, 3.05) is 6.54 Å². The molecule has 1 heterocycles. The molecule has 19 heavy (non-hydrogen) atoms. The van der Waals surface area contributed by atoms with Gasteiger partial charge in [0.1, 0.15) is 0 Å². The van der Waals surface area contributed by atoms with Gasteiger partial charge in [0, 0.05) is 31.4 Å². The third kappa shape index (κ3) is 4.69. The SMILES string of the molecule is Cc1cncc(C(=O)N(CCCC(=O)O)C(C)C)c1. The predicted octanol–water partition coefficient (Wildman–Crippen LogP) is 2.11. The van der Waals surface area contributed by atoms with Crippen LogP contribution in [0.15, 0.2) is 18.5 Å². The summed E-state index contributed by atoms with van der Waals surface area (Å²) in [6.07, 6.45) is 3.77. The molecule has 1 rings (SSSR count). The van der Waals surface area contributed by atoms with Crippen LogP contribution in [0.1, 0.15) is 42.6 Å². The normalized spacial score (nSPS) is 10.5. The first-order valence-corrected chi connectivity index (χ1v) is 6.36. The number of rotatable bonds is 6. The smallest absolute Gasteiger partial charge is 0.303 e. The molecule has 0 unspecified atom stereocenters. The number of aliphatic carboxylic acids is 1. The molecule has 0 fully saturated rings. The Balaban J connectivity index is 2.75. The number of carbonyl (C=O) groups excluding carboxylic acids is 1. The number of carboxylic acids is 1. The standard InChI is InChI=1S/C14H20N2O3/c1-10(2)16(6-4-5-13(17)18)14(19)12-7-11(3)8-15-9-12/h7-10H,4-6H2,1-3H3,(H,17,18). The van der Waals surface area contributed by atoms with Crippen LogP contribution in [0.2, 0.25) is 0 Å². The van der Waals surface area contributed by atoms with Gasteiger partial charge in [0.05, 0.1) is 5.56 Å². The number of aryl methyl sites for hydroxylation is 1. The molecule has 1 aromatic heterocycles. The quantitative estimate of drug-likeness (QED) is 0.854. The van der Waals surface area contributed by atoms with E-state index in [4.69, 9.17) is 5.11 Å². The number of nitrogens with zero attached hydrogens (tertiary/aromatic N) is 2. The maximum absolute atomic E-state index is 12.4. The van der Waals surface area contributed by atoms with Crippen LogP contribution in [-0.2, 0) is 4.79 Å². The second-order valence-electron chi connectivity index (χ2n) is 4.84. The summed E-state index contributed by atoms with van der Waals surface area (Å²) in [4.78, 5) is 28.6. The summed E-state index contributed by atoms with van der Waals surface area (Å²) >= 11 is 0. The van der Waals surface area contributed by atoms with Crippen LogP contribution in [0.5, 0.6) is 0 Å². The summed E-state index contributed by atoms with van der Waals surface area (Å²) in [6.45, 7) is 6.16. The van der Waals surface area contributed by atoms with Crippen molar-refractivity contribution in [2.24, 2.45) is 0 Å². The minimum absolute atomic E-state index is 0.0295. The van der Waals surface area contributed by atoms with E-state index in [2.05, 4.69) is 4.98 Å². The molecule has 0 aliphatic heterocycles. The summed E-state index contributed by atoms with van der Waals surface area (Å²) in [7, 11) is 0. The third-order valence-corrected chi connectivity index (χ3v) is 2.80. The molecule has 0 saturated carbocycles. The van der Waals surface area contributed by atoms with Gasteiger partial charge in [-0.15, -0.1) is 0 Å². The van der Waals surface area contributed by atoms with Gasteiger partial charge in [-0.2, -0.15) is 0 Å². The highest BCUT2D eigenvalue weighted by Gasteiger charge is 2.19. The molecule has 1 aromatic rings. The molecule has 1 N–H and O–H groups in total. The first-order valence-electron chi connectivity index (χ1n) is 6.36. The van der Waals surface area contributed by atoms with Crippen LogP contribution in [-0.4, -0.2) is 39.5 Å². The first kappa shape index (κ1) is 15.1. The number of pyridine rings is 1. The minimum Gasteiger partial charge on any atom is -0.481 e. The maximum atomic E-state index is 12.4. The lowest BCUT2D eigenvalue weighted by atomic mass is 10.1. The molecule has 0 spiro atoms. The van der Waals surface area contributed by atoms with Gasteiger partial charge < -0.3 is 10.0 Å². The molecule has 1 amide bonds. The maximum Gasteiger partial charge on any atom is 0.303 e. The van der Waals surface area contributed by atoms with E-state index in [1.54, 1.807) is 23.4 Å². The molecule has 0 aromatic carbocycles. The average molecular weight is 264 g/mol. The average Bonchev–Trinajstić information content (AvgIpc) is 2.33. The Morgan fingerprint density at radius 1 is 1.37 bits per heavy atom. The topological polar surface area (TPSA) is 70.5 Å². The molecule has 5 nitrogen and oxygen atoms in total. The monoisotopic (exact) mass is 264 g/mol. The molecule has 0 aliphatic rings. The highest BCUT2D eigenvalue weighted by atomic mass is 16.4. The van der Waals surface area contributed by atoms with E-state index in [1.165, 1.54) is 0 Å². The zero-order valence-corrected chi connectivity index (χ0v) is 11.6. The van der Waals surface area contributed by atoms with Crippen molar-refractivity contribution >= 4 is 11.9 Å². The van der Waals surface area contributed by atoms with Gasteiger partial charge >= 0.3 is 5.97 Å². The number of aromatic nitrogens is 1. The van der Waals surface area contributed by atoms with E-state index < -0.39 is 5.97 Å². The summed E-state index contributed by atoms with van der Waals surface area (Å²) in [5.74, 6) is -0.940. The van der Waals surface area contributed by atoms with Gasteiger partial charge in [-0.25, -0.2) is 0 Å². The van der Waals surface area contributed by atoms with Crippen molar-refractivity contribution < 1.29 is 14.7 Å². The van der Waals surface area contributed by atoms with Gasteiger partial charge in [-0.1, -0.05) is 0 Å². The zero-order chi connectivity index (χ0) is 14.4. The summed E-state index contributed by atoms with van der Waals surface area (Å²) in [5.41, 5.74) is 1.48. The second-order valence-corrected chi connectivity index (χ2v) is 4.84. The molecule has 0 aliphatic carbocycles. The number of hydrogen-bond acceptors (Lipinski definition) is 3. The van der Waals surface area contributed by atoms with Crippen molar-refractivity contribution in [3.63, 3.8) is 0 Å². The van der Waals surface area contributed by atoms with Gasteiger partial charge in [-0.05, 0) is 38.8 Å². The summed E-state index contributed by atoms with van der Waals surface area (Å²) in [5, 5.41) is 8.64. The van der Waals surface area contributed by atoms with Gasteiger partial charge in [0.2, 0.25) is 0 Å². The highest BCUT2D eigenvalue weighted by molar-refractivity contribution is 5.94. The van der Waals surface area contributed by atoms with Crippen molar-refractivity contribution in [1.29, 1.82) is 0 Å². The van der Waals surface area contributed by atoms with Crippen LogP contribution in [0, 0.1) is 6.92 Å². The van der Waals surface area contributed by atoms with Crippen molar-refractivity contribution in [2.45, 2.75) is 39.7 Å². The van der Waals surface area contributed by atoms with Crippen molar-refractivity contribution in [3.8, 4) is 0 Å². The molecule has 104 valence electrons. The molecule has 0 radical (unpaired) electrons. The Kier molecular flexibility index (Phi) is 5.48. The fraction of sp³-hybridized carbons (Fsp3) is 0.500. The number of hydrogen-bond donors (Lipinski definition) is 1. The van der Waals surface area contributed by atoms with E-state index in [1.807, 2.05) is 20.8 Å². The van der Waals surface area contributed by atoms with Crippen molar-refractivity contribution in [3.05, 3.63) is 29.6 Å². The molecular formula is C14H20N2O3. The lowest BCUT2D eigenvalue weighted by Gasteiger charge is -2.26.